The van der Waals surface area contributed by atoms with Crippen LogP contribution in [-0.2, 0) is 4.79 Å². The molecule has 0 heterocycles. The summed E-state index contributed by atoms with van der Waals surface area (Å²) in [6.07, 6.45) is 6.29. The Labute approximate surface area is 137 Å². The summed E-state index contributed by atoms with van der Waals surface area (Å²) in [5.41, 5.74) is 0. The molecule has 0 rings (SSSR count). The molecule has 0 aliphatic rings. The molecule has 4 heteroatoms. The highest BCUT2D eigenvalue weighted by Gasteiger charge is 2.07. The smallest absolute Gasteiger partial charge is 0.222 e. The number of hydrogen-bond acceptors (Lipinski definition) is 3. The standard InChI is InChI=1S/C18H38N2O2/c1-16(2)8-5-12-20(13-6-9-17(3)4)14-7-11-19-18(22)10-15-21/h16-17,21H,5-15H2,1-4H3,(H,19,22). The van der Waals surface area contributed by atoms with Crippen molar-refractivity contribution in [2.75, 3.05) is 32.8 Å². The molecule has 0 saturated carbocycles. The van der Waals surface area contributed by atoms with E-state index in [1.165, 1.54) is 38.8 Å². The summed E-state index contributed by atoms with van der Waals surface area (Å²) in [6.45, 7) is 13.1. The average molecular weight is 315 g/mol. The predicted octanol–water partition coefficient (Wildman–Crippen LogP) is 3.05. The topological polar surface area (TPSA) is 52.6 Å². The zero-order chi connectivity index (χ0) is 16.8. The lowest BCUT2D eigenvalue weighted by Gasteiger charge is -2.23. The van der Waals surface area contributed by atoms with Crippen molar-refractivity contribution in [2.45, 2.75) is 66.2 Å². The normalized spacial score (nSPS) is 11.6. The van der Waals surface area contributed by atoms with Gasteiger partial charge < -0.3 is 15.3 Å². The van der Waals surface area contributed by atoms with Gasteiger partial charge in [0.1, 0.15) is 0 Å². The van der Waals surface area contributed by atoms with Gasteiger partial charge in [0.05, 0.1) is 6.61 Å². The predicted molar refractivity (Wildman–Crippen MR) is 93.9 cm³/mol. The molecule has 0 aromatic heterocycles. The van der Waals surface area contributed by atoms with Crippen molar-refractivity contribution in [3.05, 3.63) is 0 Å². The number of aliphatic hydroxyl groups excluding tert-OH is 1. The lowest BCUT2D eigenvalue weighted by atomic mass is 10.1. The zero-order valence-electron chi connectivity index (χ0n) is 15.2. The van der Waals surface area contributed by atoms with Gasteiger partial charge in [0.25, 0.3) is 0 Å². The molecule has 0 atom stereocenters. The molecular formula is C18H38N2O2. The van der Waals surface area contributed by atoms with Gasteiger partial charge >= 0.3 is 0 Å². The maximum absolute atomic E-state index is 11.3. The molecular weight excluding hydrogens is 276 g/mol. The van der Waals surface area contributed by atoms with Crippen LogP contribution >= 0.6 is 0 Å². The van der Waals surface area contributed by atoms with Crippen molar-refractivity contribution in [3.63, 3.8) is 0 Å². The van der Waals surface area contributed by atoms with E-state index in [2.05, 4.69) is 37.9 Å². The molecule has 132 valence electrons. The quantitative estimate of drug-likeness (QED) is 0.485. The lowest BCUT2D eigenvalue weighted by molar-refractivity contribution is -0.121. The van der Waals surface area contributed by atoms with Gasteiger partial charge in [-0.1, -0.05) is 27.7 Å². The van der Waals surface area contributed by atoms with E-state index in [0.29, 0.717) is 6.54 Å². The van der Waals surface area contributed by atoms with Crippen LogP contribution in [0.25, 0.3) is 0 Å². The van der Waals surface area contributed by atoms with Gasteiger partial charge in [-0.05, 0) is 63.6 Å². The number of carbonyl (C=O) groups excluding carboxylic acids is 1. The lowest BCUT2D eigenvalue weighted by Crippen LogP contribution is -2.31. The first kappa shape index (κ1) is 21.4. The van der Waals surface area contributed by atoms with E-state index in [-0.39, 0.29) is 18.9 Å². The van der Waals surface area contributed by atoms with Gasteiger partial charge in [0.15, 0.2) is 0 Å². The molecule has 1 amide bonds. The minimum absolute atomic E-state index is 0.0475. The first-order chi connectivity index (χ1) is 10.5. The van der Waals surface area contributed by atoms with E-state index >= 15 is 0 Å². The molecule has 0 aromatic carbocycles. The fraction of sp³-hybridized carbons (Fsp3) is 0.944. The minimum atomic E-state index is -0.0671. The largest absolute Gasteiger partial charge is 0.396 e. The third-order valence-electron chi connectivity index (χ3n) is 3.82. The molecule has 22 heavy (non-hydrogen) atoms. The van der Waals surface area contributed by atoms with Crippen LogP contribution in [0.1, 0.15) is 66.2 Å². The minimum Gasteiger partial charge on any atom is -0.396 e. The van der Waals surface area contributed by atoms with Crippen LogP contribution in [0, 0.1) is 11.8 Å². The second kappa shape index (κ2) is 14.0. The maximum Gasteiger partial charge on any atom is 0.222 e. The Hall–Kier alpha value is -0.610. The second-order valence-electron chi connectivity index (χ2n) is 7.09. The highest BCUT2D eigenvalue weighted by Crippen LogP contribution is 2.08. The third kappa shape index (κ3) is 14.3. The molecule has 2 N–H and O–H groups in total. The molecule has 0 aliphatic carbocycles. The van der Waals surface area contributed by atoms with Gasteiger partial charge in [0.2, 0.25) is 5.91 Å². The molecule has 4 nitrogen and oxygen atoms in total. The van der Waals surface area contributed by atoms with Gasteiger partial charge in [-0.25, -0.2) is 0 Å². The molecule has 0 bridgehead atoms. The van der Waals surface area contributed by atoms with E-state index in [4.69, 9.17) is 5.11 Å². The first-order valence-electron chi connectivity index (χ1n) is 9.05. The molecule has 0 aliphatic heterocycles. The van der Waals surface area contributed by atoms with E-state index in [1.54, 1.807) is 0 Å². The summed E-state index contributed by atoms with van der Waals surface area (Å²) in [7, 11) is 0. The SMILES string of the molecule is CC(C)CCCN(CCCNC(=O)CCO)CCCC(C)C. The highest BCUT2D eigenvalue weighted by atomic mass is 16.3. The van der Waals surface area contributed by atoms with Crippen molar-refractivity contribution in [2.24, 2.45) is 11.8 Å². The van der Waals surface area contributed by atoms with Crippen LogP contribution in [-0.4, -0.2) is 48.7 Å². The number of amides is 1. The van der Waals surface area contributed by atoms with E-state index in [9.17, 15) is 4.79 Å². The fourth-order valence-corrected chi connectivity index (χ4v) is 2.50. The van der Waals surface area contributed by atoms with Crippen molar-refractivity contribution in [1.29, 1.82) is 0 Å². The second-order valence-corrected chi connectivity index (χ2v) is 7.09. The van der Waals surface area contributed by atoms with Crippen LogP contribution in [0.5, 0.6) is 0 Å². The third-order valence-corrected chi connectivity index (χ3v) is 3.82. The van der Waals surface area contributed by atoms with E-state index in [1.807, 2.05) is 0 Å². The summed E-state index contributed by atoms with van der Waals surface area (Å²) in [5.74, 6) is 1.50. The Balaban J connectivity index is 3.91. The van der Waals surface area contributed by atoms with Gasteiger partial charge in [-0.3, -0.25) is 4.79 Å². The van der Waals surface area contributed by atoms with Crippen LogP contribution in [0.3, 0.4) is 0 Å². The van der Waals surface area contributed by atoms with Crippen molar-refractivity contribution in [3.8, 4) is 0 Å². The number of nitrogens with zero attached hydrogens (tertiary/aromatic N) is 1. The Morgan fingerprint density at radius 2 is 1.45 bits per heavy atom. The molecule has 0 unspecified atom stereocenters. The van der Waals surface area contributed by atoms with Crippen LogP contribution in [0.2, 0.25) is 0 Å². The monoisotopic (exact) mass is 314 g/mol. The fourth-order valence-electron chi connectivity index (χ4n) is 2.50. The Kier molecular flexibility index (Phi) is 13.6. The summed E-state index contributed by atoms with van der Waals surface area (Å²) < 4.78 is 0. The number of nitrogens with one attached hydrogen (secondary N) is 1. The van der Waals surface area contributed by atoms with Crippen molar-refractivity contribution in [1.82, 2.24) is 10.2 Å². The summed E-state index contributed by atoms with van der Waals surface area (Å²) in [6, 6.07) is 0. The molecule has 0 saturated heterocycles. The molecule has 0 fully saturated rings. The average Bonchev–Trinajstić information content (AvgIpc) is 2.42. The van der Waals surface area contributed by atoms with E-state index < -0.39 is 0 Å². The Morgan fingerprint density at radius 1 is 0.955 bits per heavy atom. The van der Waals surface area contributed by atoms with Gasteiger partial charge in [0, 0.05) is 13.0 Å². The Morgan fingerprint density at radius 3 is 1.91 bits per heavy atom. The molecule has 0 spiro atoms. The number of rotatable bonds is 14. The molecule has 0 aromatic rings. The highest BCUT2D eigenvalue weighted by molar-refractivity contribution is 5.75. The summed E-state index contributed by atoms with van der Waals surface area (Å²) in [5, 5.41) is 11.6. The number of carbonyl (C=O) groups is 1. The first-order valence-corrected chi connectivity index (χ1v) is 9.05. The summed E-state index contributed by atoms with van der Waals surface area (Å²) >= 11 is 0. The molecule has 0 radical (unpaired) electrons. The Bertz CT molecular complexity index is 254. The van der Waals surface area contributed by atoms with Crippen LogP contribution < -0.4 is 5.32 Å². The summed E-state index contributed by atoms with van der Waals surface area (Å²) in [4.78, 5) is 13.8. The van der Waals surface area contributed by atoms with Crippen LogP contribution in [0.4, 0.5) is 0 Å². The van der Waals surface area contributed by atoms with E-state index in [0.717, 1.165) is 24.8 Å². The zero-order valence-corrected chi connectivity index (χ0v) is 15.2. The van der Waals surface area contributed by atoms with Crippen molar-refractivity contribution < 1.29 is 9.90 Å². The van der Waals surface area contributed by atoms with Gasteiger partial charge in [-0.15, -0.1) is 0 Å². The maximum atomic E-state index is 11.3. The van der Waals surface area contributed by atoms with Crippen LogP contribution in [0.15, 0.2) is 0 Å². The van der Waals surface area contributed by atoms with Crippen molar-refractivity contribution >= 4 is 5.91 Å². The number of hydrogen-bond donors (Lipinski definition) is 2. The van der Waals surface area contributed by atoms with Gasteiger partial charge in [-0.2, -0.15) is 0 Å². The number of aliphatic hydroxyl groups is 1.